The summed E-state index contributed by atoms with van der Waals surface area (Å²) >= 11 is 1.90. The zero-order chi connectivity index (χ0) is 27.9. The Morgan fingerprint density at radius 2 is 1.81 bits per heavy atom. The van der Waals surface area contributed by atoms with Crippen molar-refractivity contribution in [3.05, 3.63) is 84.2 Å². The minimum absolute atomic E-state index is 0. The lowest BCUT2D eigenvalue weighted by Gasteiger charge is -2.32. The first-order valence-corrected chi connectivity index (χ1v) is 14.8. The Morgan fingerprint density at radius 1 is 1.05 bits per heavy atom. The maximum atomic E-state index is 13.3. The Bertz CT molecular complexity index is 1440. The number of rotatable bonds is 11. The summed E-state index contributed by atoms with van der Waals surface area (Å²) in [4.78, 5) is 20.3. The Kier molecular flexibility index (Phi) is 12.9. The van der Waals surface area contributed by atoms with Crippen LogP contribution in [0.15, 0.2) is 78.2 Å². The van der Waals surface area contributed by atoms with E-state index < -0.39 is 0 Å². The number of aryl methyl sites for hydroxylation is 1. The number of hydrogen-bond acceptors (Lipinski definition) is 6. The Morgan fingerprint density at radius 3 is 2.52 bits per heavy atom. The molecule has 0 aliphatic carbocycles. The molecule has 4 aromatic rings. The molecule has 1 aromatic heterocycles. The average Bonchev–Trinajstić information content (AvgIpc) is 3.41. The van der Waals surface area contributed by atoms with Crippen molar-refractivity contribution in [2.24, 2.45) is 7.05 Å². The van der Waals surface area contributed by atoms with E-state index in [0.717, 1.165) is 44.1 Å². The number of imidazole rings is 1. The summed E-state index contributed by atoms with van der Waals surface area (Å²) in [6.07, 6.45) is 7.16. The van der Waals surface area contributed by atoms with Crippen molar-refractivity contribution in [3.63, 3.8) is 0 Å². The summed E-state index contributed by atoms with van der Waals surface area (Å²) in [5, 5.41) is 7.38. The van der Waals surface area contributed by atoms with Crippen LogP contribution in [-0.2, 0) is 7.05 Å². The number of fused-ring (bicyclic) bond motifs is 1. The standard InChI is InChI=1S/C32H38N4O3S.2ClH/c1-35-20-16-33-32(35)40-26-14-18-36(19-15-26)17-13-24(28-10-6-8-23-7-4-5-9-27(23)28)22-34-31(37)29-12-11-25(38-2)21-30(29)39-3;;/h4-12,16,20-21,24,26H,13-15,17-19,22H2,1-3H3,(H,34,37);2*1H. The molecule has 3 aromatic carbocycles. The monoisotopic (exact) mass is 630 g/mol. The van der Waals surface area contributed by atoms with Crippen LogP contribution < -0.4 is 14.8 Å². The molecule has 7 nitrogen and oxygen atoms in total. The topological polar surface area (TPSA) is 68.6 Å². The molecule has 2 heterocycles. The second-order valence-electron chi connectivity index (χ2n) is 10.3. The molecule has 1 saturated heterocycles. The number of thioether (sulfide) groups is 1. The molecule has 0 saturated carbocycles. The van der Waals surface area contributed by atoms with Crippen molar-refractivity contribution >= 4 is 53.3 Å². The first kappa shape index (κ1) is 33.6. The van der Waals surface area contributed by atoms with Crippen molar-refractivity contribution in [2.45, 2.75) is 35.6 Å². The quantitative estimate of drug-likeness (QED) is 0.201. The normalized spacial score (nSPS) is 14.5. The SMILES string of the molecule is COc1ccc(C(=O)NCC(CCN2CCC(Sc3nccn3C)CC2)c2cccc3ccccc23)c(OC)c1.Cl.Cl. The number of nitrogens with one attached hydrogen (secondary N) is 1. The zero-order valence-corrected chi connectivity index (χ0v) is 26.8. The van der Waals surface area contributed by atoms with Gasteiger partial charge in [-0.2, -0.15) is 0 Å². The molecule has 226 valence electrons. The van der Waals surface area contributed by atoms with E-state index in [1.807, 2.05) is 24.2 Å². The van der Waals surface area contributed by atoms with Crippen LogP contribution in [0.4, 0.5) is 0 Å². The number of likely N-dealkylation sites (tertiary alicyclic amines) is 1. The minimum Gasteiger partial charge on any atom is -0.497 e. The number of hydrogen-bond donors (Lipinski definition) is 1. The predicted octanol–water partition coefficient (Wildman–Crippen LogP) is 6.59. The second-order valence-corrected chi connectivity index (χ2v) is 11.6. The van der Waals surface area contributed by atoms with Gasteiger partial charge in [-0.1, -0.05) is 54.2 Å². The molecule has 1 unspecified atom stereocenters. The molecular weight excluding hydrogens is 591 g/mol. The van der Waals surface area contributed by atoms with E-state index >= 15 is 0 Å². The third-order valence-electron chi connectivity index (χ3n) is 7.80. The summed E-state index contributed by atoms with van der Waals surface area (Å²) in [6.45, 7) is 3.71. The predicted molar refractivity (Wildman–Crippen MR) is 176 cm³/mol. The van der Waals surface area contributed by atoms with Gasteiger partial charge in [0.05, 0.1) is 19.8 Å². The van der Waals surface area contributed by atoms with Gasteiger partial charge in [0.2, 0.25) is 0 Å². The fourth-order valence-electron chi connectivity index (χ4n) is 5.47. The number of nitrogens with zero attached hydrogens (tertiary/aromatic N) is 3. The number of carbonyl (C=O) groups is 1. The van der Waals surface area contributed by atoms with E-state index in [9.17, 15) is 4.79 Å². The molecule has 0 radical (unpaired) electrons. The Labute approximate surface area is 265 Å². The highest BCUT2D eigenvalue weighted by Gasteiger charge is 2.24. The summed E-state index contributed by atoms with van der Waals surface area (Å²) in [6, 6.07) is 20.3. The average molecular weight is 632 g/mol. The van der Waals surface area contributed by atoms with E-state index in [1.54, 1.807) is 32.4 Å². The van der Waals surface area contributed by atoms with Gasteiger partial charge < -0.3 is 24.3 Å². The maximum absolute atomic E-state index is 13.3. The van der Waals surface area contributed by atoms with E-state index in [4.69, 9.17) is 9.47 Å². The molecule has 1 N–H and O–H groups in total. The molecular formula is C32H40Cl2N4O3S. The van der Waals surface area contributed by atoms with Crippen LogP contribution in [0.3, 0.4) is 0 Å². The van der Waals surface area contributed by atoms with Crippen LogP contribution >= 0.6 is 36.6 Å². The van der Waals surface area contributed by atoms with Crippen molar-refractivity contribution in [2.75, 3.05) is 40.4 Å². The molecule has 0 bridgehead atoms. The largest absolute Gasteiger partial charge is 0.497 e. The van der Waals surface area contributed by atoms with Crippen LogP contribution in [0.5, 0.6) is 11.5 Å². The van der Waals surface area contributed by atoms with Crippen LogP contribution in [0.25, 0.3) is 10.8 Å². The van der Waals surface area contributed by atoms with E-state index in [0.29, 0.717) is 28.9 Å². The zero-order valence-electron chi connectivity index (χ0n) is 24.3. The lowest BCUT2D eigenvalue weighted by Crippen LogP contribution is -2.37. The molecule has 1 atom stereocenters. The highest BCUT2D eigenvalue weighted by atomic mass is 35.5. The van der Waals surface area contributed by atoms with Crippen molar-refractivity contribution < 1.29 is 14.3 Å². The van der Waals surface area contributed by atoms with Crippen molar-refractivity contribution in [1.29, 1.82) is 0 Å². The van der Waals surface area contributed by atoms with E-state index in [2.05, 4.69) is 69.3 Å². The molecule has 0 spiro atoms. The van der Waals surface area contributed by atoms with Crippen molar-refractivity contribution in [3.8, 4) is 11.5 Å². The highest BCUT2D eigenvalue weighted by molar-refractivity contribution is 7.99. The van der Waals surface area contributed by atoms with Gasteiger partial charge in [0.25, 0.3) is 5.91 Å². The minimum atomic E-state index is -0.142. The Hall–Kier alpha value is -2.91. The van der Waals surface area contributed by atoms with Crippen LogP contribution in [0.1, 0.15) is 41.1 Å². The van der Waals surface area contributed by atoms with E-state index in [1.165, 1.54) is 16.3 Å². The number of piperidine rings is 1. The Balaban J connectivity index is 0.00000242. The number of carbonyl (C=O) groups excluding carboxylic acids is 1. The second kappa shape index (κ2) is 16.1. The third kappa shape index (κ3) is 8.13. The van der Waals surface area contributed by atoms with Crippen LogP contribution in [-0.4, -0.2) is 66.0 Å². The van der Waals surface area contributed by atoms with Crippen LogP contribution in [0, 0.1) is 0 Å². The molecule has 5 rings (SSSR count). The fourth-order valence-corrected chi connectivity index (χ4v) is 6.57. The molecule has 1 aliphatic heterocycles. The number of amides is 1. The summed E-state index contributed by atoms with van der Waals surface area (Å²) in [5.41, 5.74) is 1.78. The maximum Gasteiger partial charge on any atom is 0.255 e. The van der Waals surface area contributed by atoms with Crippen molar-refractivity contribution in [1.82, 2.24) is 19.8 Å². The van der Waals surface area contributed by atoms with Gasteiger partial charge in [-0.25, -0.2) is 4.98 Å². The smallest absolute Gasteiger partial charge is 0.255 e. The lowest BCUT2D eigenvalue weighted by molar-refractivity contribution is 0.0946. The molecule has 1 amide bonds. The van der Waals surface area contributed by atoms with Gasteiger partial charge in [0, 0.05) is 43.2 Å². The number of ether oxygens (including phenoxy) is 2. The van der Waals surface area contributed by atoms with Gasteiger partial charge >= 0.3 is 0 Å². The van der Waals surface area contributed by atoms with Crippen LogP contribution in [0.2, 0.25) is 0 Å². The van der Waals surface area contributed by atoms with E-state index in [-0.39, 0.29) is 36.6 Å². The number of halogens is 2. The summed E-state index contributed by atoms with van der Waals surface area (Å²) in [7, 11) is 5.23. The molecule has 1 aliphatic rings. The van der Waals surface area contributed by atoms with Gasteiger partial charge in [-0.3, -0.25) is 4.79 Å². The van der Waals surface area contributed by atoms with Gasteiger partial charge in [0.1, 0.15) is 11.5 Å². The lowest BCUT2D eigenvalue weighted by atomic mass is 9.90. The number of benzene rings is 3. The molecule has 42 heavy (non-hydrogen) atoms. The summed E-state index contributed by atoms with van der Waals surface area (Å²) in [5.74, 6) is 1.20. The molecule has 1 fully saturated rings. The number of methoxy groups -OCH3 is 2. The van der Waals surface area contributed by atoms with Gasteiger partial charge in [0.15, 0.2) is 5.16 Å². The first-order valence-electron chi connectivity index (χ1n) is 13.9. The first-order chi connectivity index (χ1) is 19.6. The fraction of sp³-hybridized carbons (Fsp3) is 0.375. The third-order valence-corrected chi connectivity index (χ3v) is 9.21. The summed E-state index contributed by atoms with van der Waals surface area (Å²) < 4.78 is 12.9. The van der Waals surface area contributed by atoms with Gasteiger partial charge in [-0.15, -0.1) is 24.8 Å². The highest BCUT2D eigenvalue weighted by Crippen LogP contribution is 2.32. The van der Waals surface area contributed by atoms with Gasteiger partial charge in [-0.05, 0) is 67.4 Å². The number of aromatic nitrogens is 2. The molecule has 10 heteroatoms.